The highest BCUT2D eigenvalue weighted by Gasteiger charge is 2.48. The van der Waals surface area contributed by atoms with Gasteiger partial charge in [0.1, 0.15) is 23.4 Å². The van der Waals surface area contributed by atoms with Gasteiger partial charge in [0.2, 0.25) is 5.13 Å². The van der Waals surface area contributed by atoms with E-state index in [4.69, 9.17) is 9.47 Å². The minimum atomic E-state index is -0.920. The lowest BCUT2D eigenvalue weighted by atomic mass is 9.94. The maximum Gasteiger partial charge on any atom is 0.301 e. The second kappa shape index (κ2) is 12.8. The van der Waals surface area contributed by atoms with E-state index in [0.29, 0.717) is 40.0 Å². The van der Waals surface area contributed by atoms with Crippen LogP contribution >= 0.6 is 23.1 Å². The number of aromatic nitrogens is 2. The van der Waals surface area contributed by atoms with Crippen molar-refractivity contribution in [2.75, 3.05) is 11.5 Å². The van der Waals surface area contributed by atoms with Gasteiger partial charge in [0.05, 0.1) is 18.2 Å². The van der Waals surface area contributed by atoms with E-state index in [-0.39, 0.29) is 22.6 Å². The fraction of sp³-hybridized carbons (Fsp3) is 0.294. The Labute approximate surface area is 264 Å². The molecule has 2 atom stereocenters. The average molecular weight is 628 g/mol. The van der Waals surface area contributed by atoms with Gasteiger partial charge in [-0.25, -0.2) is 0 Å². The molecule has 4 aromatic rings. The van der Waals surface area contributed by atoms with Crippen LogP contribution in [0.5, 0.6) is 11.5 Å². The predicted molar refractivity (Wildman–Crippen MR) is 173 cm³/mol. The Morgan fingerprint density at radius 3 is 2.73 bits per heavy atom. The molecule has 0 saturated carbocycles. The SMILES string of the molecule is CCCCOc1cccc([C@@H]2C(=C(O)c3ccc4c(c3)C[C@H](C)O4)C(=O)C(=O)N2c2nnc(SCc3ccc(C)cc3)s2)c1. The Kier molecular flexibility index (Phi) is 8.72. The Morgan fingerprint density at radius 1 is 1.11 bits per heavy atom. The Morgan fingerprint density at radius 2 is 1.93 bits per heavy atom. The number of nitrogens with zero attached hydrogens (tertiary/aromatic N) is 3. The zero-order valence-corrected chi connectivity index (χ0v) is 26.4. The number of amides is 1. The molecule has 226 valence electrons. The van der Waals surface area contributed by atoms with E-state index >= 15 is 0 Å². The fourth-order valence-electron chi connectivity index (χ4n) is 5.37. The lowest BCUT2D eigenvalue weighted by Crippen LogP contribution is -2.29. The fourth-order valence-corrected chi connectivity index (χ4v) is 7.19. The summed E-state index contributed by atoms with van der Waals surface area (Å²) in [5.74, 6) is 0.282. The molecule has 2 aliphatic heterocycles. The molecule has 2 aliphatic rings. The van der Waals surface area contributed by atoms with Gasteiger partial charge in [0.15, 0.2) is 4.34 Å². The molecule has 10 heteroatoms. The summed E-state index contributed by atoms with van der Waals surface area (Å²) in [5, 5.41) is 20.6. The molecule has 3 aromatic carbocycles. The summed E-state index contributed by atoms with van der Waals surface area (Å²) < 4.78 is 12.5. The minimum Gasteiger partial charge on any atom is -0.507 e. The molecular weight excluding hydrogens is 595 g/mol. The van der Waals surface area contributed by atoms with Crippen molar-refractivity contribution in [3.05, 3.63) is 100 Å². The van der Waals surface area contributed by atoms with Crippen LogP contribution in [-0.4, -0.2) is 39.7 Å². The summed E-state index contributed by atoms with van der Waals surface area (Å²) in [6, 6.07) is 20.0. The van der Waals surface area contributed by atoms with E-state index in [1.807, 2.05) is 44.2 Å². The van der Waals surface area contributed by atoms with Crippen molar-refractivity contribution in [3.8, 4) is 11.5 Å². The molecule has 1 amide bonds. The smallest absolute Gasteiger partial charge is 0.301 e. The van der Waals surface area contributed by atoms with Gasteiger partial charge < -0.3 is 14.6 Å². The number of hydrogen-bond donors (Lipinski definition) is 1. The van der Waals surface area contributed by atoms with Gasteiger partial charge in [0, 0.05) is 17.7 Å². The number of ether oxygens (including phenoxy) is 2. The highest BCUT2D eigenvalue weighted by molar-refractivity contribution is 8.00. The Bertz CT molecular complexity index is 1730. The number of fused-ring (bicyclic) bond motifs is 1. The van der Waals surface area contributed by atoms with E-state index < -0.39 is 17.7 Å². The number of carbonyl (C=O) groups is 2. The van der Waals surface area contributed by atoms with Crippen LogP contribution in [0.2, 0.25) is 0 Å². The number of aliphatic hydroxyl groups is 1. The molecule has 1 N–H and O–H groups in total. The molecule has 1 saturated heterocycles. The predicted octanol–water partition coefficient (Wildman–Crippen LogP) is 7.27. The van der Waals surface area contributed by atoms with Crippen molar-refractivity contribution < 1.29 is 24.2 Å². The molecule has 3 heterocycles. The van der Waals surface area contributed by atoms with Gasteiger partial charge in [-0.2, -0.15) is 0 Å². The summed E-state index contributed by atoms with van der Waals surface area (Å²) >= 11 is 2.76. The highest BCUT2D eigenvalue weighted by Crippen LogP contribution is 2.45. The van der Waals surface area contributed by atoms with Gasteiger partial charge in [-0.05, 0) is 67.3 Å². The van der Waals surface area contributed by atoms with Crippen molar-refractivity contribution in [2.24, 2.45) is 0 Å². The summed E-state index contributed by atoms with van der Waals surface area (Å²) in [7, 11) is 0. The van der Waals surface area contributed by atoms with Crippen molar-refractivity contribution in [1.29, 1.82) is 0 Å². The first kappa shape index (κ1) is 29.9. The van der Waals surface area contributed by atoms with Crippen LogP contribution in [0.1, 0.15) is 60.5 Å². The number of unbranched alkanes of at least 4 members (excludes halogenated alkanes) is 1. The summed E-state index contributed by atoms with van der Waals surface area (Å²) in [6.45, 7) is 6.67. The molecular formula is C34H33N3O5S2. The number of benzene rings is 3. The molecule has 0 bridgehead atoms. The van der Waals surface area contributed by atoms with Crippen LogP contribution in [0.4, 0.5) is 5.13 Å². The number of ketones is 1. The molecule has 0 unspecified atom stereocenters. The van der Waals surface area contributed by atoms with E-state index in [0.717, 1.165) is 29.7 Å². The Balaban J connectivity index is 1.38. The van der Waals surface area contributed by atoms with Gasteiger partial charge in [-0.3, -0.25) is 14.5 Å². The molecule has 0 radical (unpaired) electrons. The summed E-state index contributed by atoms with van der Waals surface area (Å²) in [5.41, 5.74) is 4.35. The normalized spacial score (nSPS) is 18.8. The second-order valence-electron chi connectivity index (χ2n) is 11.0. The van der Waals surface area contributed by atoms with Gasteiger partial charge in [-0.15, -0.1) is 10.2 Å². The number of thioether (sulfide) groups is 1. The zero-order valence-electron chi connectivity index (χ0n) is 24.8. The van der Waals surface area contributed by atoms with Gasteiger partial charge in [-0.1, -0.05) is 78.4 Å². The molecule has 0 spiro atoms. The molecule has 0 aliphatic carbocycles. The van der Waals surface area contributed by atoms with E-state index in [9.17, 15) is 14.7 Å². The van der Waals surface area contributed by atoms with E-state index in [2.05, 4.69) is 41.4 Å². The molecule has 6 rings (SSSR count). The summed E-state index contributed by atoms with van der Waals surface area (Å²) in [6.07, 6.45) is 2.61. The quantitative estimate of drug-likeness (QED) is 0.0489. The number of carbonyl (C=O) groups excluding carboxylic acids is 2. The topological polar surface area (TPSA) is 102 Å². The van der Waals surface area contributed by atoms with Crippen LogP contribution in [0.3, 0.4) is 0 Å². The number of aliphatic hydroxyl groups excluding tert-OH is 1. The molecule has 1 fully saturated rings. The number of aryl methyl sites for hydroxylation is 1. The van der Waals surface area contributed by atoms with Crippen LogP contribution in [-0.2, 0) is 21.8 Å². The van der Waals surface area contributed by atoms with Crippen LogP contribution < -0.4 is 14.4 Å². The number of hydrogen-bond acceptors (Lipinski definition) is 9. The molecule has 44 heavy (non-hydrogen) atoms. The third-order valence-corrected chi connectivity index (χ3v) is 9.77. The lowest BCUT2D eigenvalue weighted by Gasteiger charge is -2.23. The van der Waals surface area contributed by atoms with Gasteiger partial charge in [0.25, 0.3) is 5.78 Å². The number of rotatable bonds is 10. The van der Waals surface area contributed by atoms with E-state index in [1.165, 1.54) is 33.6 Å². The molecule has 8 nitrogen and oxygen atoms in total. The third kappa shape index (κ3) is 6.09. The van der Waals surface area contributed by atoms with Crippen LogP contribution in [0.15, 0.2) is 76.6 Å². The van der Waals surface area contributed by atoms with Gasteiger partial charge >= 0.3 is 5.91 Å². The van der Waals surface area contributed by atoms with Crippen LogP contribution in [0, 0.1) is 6.92 Å². The van der Waals surface area contributed by atoms with Crippen molar-refractivity contribution >= 4 is 45.7 Å². The second-order valence-corrected chi connectivity index (χ2v) is 13.2. The van der Waals surface area contributed by atoms with Crippen molar-refractivity contribution in [1.82, 2.24) is 10.2 Å². The van der Waals surface area contributed by atoms with Crippen LogP contribution in [0.25, 0.3) is 5.76 Å². The first-order valence-corrected chi connectivity index (χ1v) is 16.5. The number of Topliss-reactive ketones (excluding diaryl/α,β-unsaturated/α-hetero) is 1. The molecule has 1 aromatic heterocycles. The first-order valence-electron chi connectivity index (χ1n) is 14.7. The standard InChI is InChI=1S/C34H33N3O5S2/c1-4-5-15-41-26-8-6-7-23(18-26)29-28(30(38)24-13-14-27-25(17-24)16-21(3)42-27)31(39)32(40)37(29)33-35-36-34(44-33)43-19-22-11-9-20(2)10-12-22/h6-14,17-18,21,29,38H,4-5,15-16,19H2,1-3H3/t21-,29+/m0/s1. The maximum atomic E-state index is 13.7. The average Bonchev–Trinajstić information content (AvgIpc) is 3.71. The minimum absolute atomic E-state index is 0.00307. The maximum absolute atomic E-state index is 13.7. The first-order chi connectivity index (χ1) is 21.3. The summed E-state index contributed by atoms with van der Waals surface area (Å²) in [4.78, 5) is 28.7. The largest absolute Gasteiger partial charge is 0.507 e. The van der Waals surface area contributed by atoms with Crippen molar-refractivity contribution in [2.45, 2.75) is 62.3 Å². The lowest BCUT2D eigenvalue weighted by molar-refractivity contribution is -0.132. The monoisotopic (exact) mass is 627 g/mol. The van der Waals surface area contributed by atoms with Crippen molar-refractivity contribution in [3.63, 3.8) is 0 Å². The van der Waals surface area contributed by atoms with E-state index in [1.54, 1.807) is 12.1 Å². The highest BCUT2D eigenvalue weighted by atomic mass is 32.2. The Hall–Kier alpha value is -4.15. The zero-order chi connectivity index (χ0) is 30.8. The third-order valence-electron chi connectivity index (χ3n) is 7.64. The number of anilines is 1.